The minimum atomic E-state index is -4.51. The van der Waals surface area contributed by atoms with Gasteiger partial charge in [0, 0.05) is 30.2 Å². The molecule has 2 aromatic carbocycles. The van der Waals surface area contributed by atoms with Gasteiger partial charge in [-0.25, -0.2) is 4.98 Å². The van der Waals surface area contributed by atoms with Crippen molar-refractivity contribution in [2.45, 2.75) is 25.6 Å². The van der Waals surface area contributed by atoms with Gasteiger partial charge in [0.25, 0.3) is 5.91 Å². The summed E-state index contributed by atoms with van der Waals surface area (Å²) in [6.45, 7) is 1.26. The topological polar surface area (TPSA) is 38.1 Å². The van der Waals surface area contributed by atoms with Gasteiger partial charge in [-0.2, -0.15) is 13.2 Å². The summed E-state index contributed by atoms with van der Waals surface area (Å²) in [5.41, 5.74) is 1.39. The Morgan fingerprint density at radius 2 is 1.72 bits per heavy atom. The number of halogens is 4. The molecule has 0 aliphatic carbocycles. The molecule has 1 saturated heterocycles. The molecule has 0 unspecified atom stereocenters. The van der Waals surface area contributed by atoms with E-state index in [1.165, 1.54) is 4.57 Å². The Balaban J connectivity index is 1.48. The van der Waals surface area contributed by atoms with Crippen LogP contribution in [0.2, 0.25) is 5.02 Å². The number of hydrogen-bond acceptors (Lipinski definition) is 2. The number of likely N-dealkylation sites (tertiary alicyclic amines) is 1. The third-order valence-electron chi connectivity index (χ3n) is 5.34. The minimum Gasteiger partial charge on any atom is -0.339 e. The van der Waals surface area contributed by atoms with E-state index in [1.54, 1.807) is 53.4 Å². The summed E-state index contributed by atoms with van der Waals surface area (Å²) in [6, 6.07) is 13.4. The molecular formula is C21H19ClF3N3O. The van der Waals surface area contributed by atoms with Crippen LogP contribution in [-0.4, -0.2) is 33.4 Å². The number of aromatic nitrogens is 2. The highest BCUT2D eigenvalue weighted by Crippen LogP contribution is 2.33. The Kier molecular flexibility index (Phi) is 5.25. The van der Waals surface area contributed by atoms with Crippen LogP contribution in [0.3, 0.4) is 0 Å². The Bertz CT molecular complexity index is 1020. The van der Waals surface area contributed by atoms with Crippen molar-refractivity contribution in [2.75, 3.05) is 13.1 Å². The second kappa shape index (κ2) is 7.71. The molecule has 152 valence electrons. The van der Waals surface area contributed by atoms with Crippen LogP contribution in [0.15, 0.2) is 48.5 Å². The van der Waals surface area contributed by atoms with E-state index >= 15 is 0 Å². The molecule has 8 heteroatoms. The van der Waals surface area contributed by atoms with Crippen LogP contribution in [-0.2, 0) is 12.7 Å². The lowest BCUT2D eigenvalue weighted by Gasteiger charge is -2.32. The number of benzene rings is 2. The summed E-state index contributed by atoms with van der Waals surface area (Å²) in [5, 5.41) is 0.563. The van der Waals surface area contributed by atoms with Crippen LogP contribution in [0.1, 0.15) is 29.0 Å². The first-order chi connectivity index (χ1) is 13.8. The van der Waals surface area contributed by atoms with Crippen molar-refractivity contribution in [3.8, 4) is 0 Å². The molecule has 0 spiro atoms. The number of hydrogen-bond donors (Lipinski definition) is 0. The maximum absolute atomic E-state index is 13.5. The van der Waals surface area contributed by atoms with Gasteiger partial charge < -0.3 is 9.47 Å². The van der Waals surface area contributed by atoms with Gasteiger partial charge in [-0.1, -0.05) is 23.7 Å². The zero-order valence-electron chi connectivity index (χ0n) is 15.5. The third kappa shape index (κ3) is 4.10. The van der Waals surface area contributed by atoms with Crippen molar-refractivity contribution >= 4 is 28.5 Å². The Morgan fingerprint density at radius 1 is 1.07 bits per heavy atom. The van der Waals surface area contributed by atoms with E-state index in [0.29, 0.717) is 47.6 Å². The van der Waals surface area contributed by atoms with Crippen molar-refractivity contribution < 1.29 is 18.0 Å². The molecule has 1 aliphatic heterocycles. The Morgan fingerprint density at radius 3 is 2.38 bits per heavy atom. The van der Waals surface area contributed by atoms with Gasteiger partial charge in [0.2, 0.25) is 5.82 Å². The number of rotatable bonds is 3. The van der Waals surface area contributed by atoms with Gasteiger partial charge in [-0.05, 0) is 55.2 Å². The smallest absolute Gasteiger partial charge is 0.339 e. The largest absolute Gasteiger partial charge is 0.449 e. The summed E-state index contributed by atoms with van der Waals surface area (Å²) in [4.78, 5) is 18.2. The molecule has 1 aliphatic rings. The average molecular weight is 422 g/mol. The van der Waals surface area contributed by atoms with Gasteiger partial charge in [0.05, 0.1) is 11.0 Å². The van der Waals surface area contributed by atoms with Crippen molar-refractivity contribution in [3.05, 3.63) is 64.9 Å². The lowest BCUT2D eigenvalue weighted by molar-refractivity contribution is -0.147. The highest BCUT2D eigenvalue weighted by molar-refractivity contribution is 6.30. The first-order valence-corrected chi connectivity index (χ1v) is 9.78. The molecule has 1 fully saturated rings. The van der Waals surface area contributed by atoms with Crippen LogP contribution in [0.4, 0.5) is 13.2 Å². The Labute approximate surface area is 170 Å². The van der Waals surface area contributed by atoms with E-state index in [1.807, 2.05) is 0 Å². The number of carbonyl (C=O) groups excluding carboxylic acids is 1. The van der Waals surface area contributed by atoms with Crippen molar-refractivity contribution in [1.29, 1.82) is 0 Å². The molecule has 4 rings (SSSR count). The number of piperidine rings is 1. The highest BCUT2D eigenvalue weighted by Gasteiger charge is 2.38. The van der Waals surface area contributed by atoms with E-state index in [2.05, 4.69) is 4.98 Å². The molecule has 4 nitrogen and oxygen atoms in total. The van der Waals surface area contributed by atoms with Crippen LogP contribution in [0.25, 0.3) is 11.0 Å². The number of fused-ring (bicyclic) bond motifs is 1. The van der Waals surface area contributed by atoms with E-state index < -0.39 is 12.0 Å². The van der Waals surface area contributed by atoms with Gasteiger partial charge in [0.1, 0.15) is 0 Å². The first kappa shape index (κ1) is 19.8. The van der Waals surface area contributed by atoms with Crippen molar-refractivity contribution in [1.82, 2.24) is 14.5 Å². The summed E-state index contributed by atoms with van der Waals surface area (Å²) < 4.78 is 41.7. The maximum Gasteiger partial charge on any atom is 0.449 e. The van der Waals surface area contributed by atoms with E-state index in [4.69, 9.17) is 11.6 Å². The molecule has 1 amide bonds. The number of imidazole rings is 1. The quantitative estimate of drug-likeness (QED) is 0.578. The fourth-order valence-corrected chi connectivity index (χ4v) is 3.95. The van der Waals surface area contributed by atoms with Gasteiger partial charge >= 0.3 is 6.18 Å². The molecule has 3 aromatic rings. The Hall–Kier alpha value is -2.54. The summed E-state index contributed by atoms with van der Waals surface area (Å²) in [6.07, 6.45) is -3.23. The third-order valence-corrected chi connectivity index (χ3v) is 5.59. The monoisotopic (exact) mass is 421 g/mol. The van der Waals surface area contributed by atoms with Gasteiger partial charge in [-0.3, -0.25) is 4.79 Å². The second-order valence-corrected chi connectivity index (χ2v) is 7.71. The van der Waals surface area contributed by atoms with Crippen LogP contribution in [0.5, 0.6) is 0 Å². The zero-order chi connectivity index (χ0) is 20.6. The SMILES string of the molecule is O=C(c1ccc(Cl)cc1)N1CCC(Cn2c(C(F)(F)F)nc3ccccc32)CC1. The molecule has 1 aromatic heterocycles. The fourth-order valence-electron chi connectivity index (χ4n) is 3.83. The summed E-state index contributed by atoms with van der Waals surface area (Å²) >= 11 is 5.86. The lowest BCUT2D eigenvalue weighted by Crippen LogP contribution is -2.39. The molecule has 0 radical (unpaired) electrons. The molecule has 0 N–H and O–H groups in total. The number of alkyl halides is 3. The summed E-state index contributed by atoms with van der Waals surface area (Å²) in [5.74, 6) is -0.898. The van der Waals surface area contributed by atoms with Crippen LogP contribution >= 0.6 is 11.6 Å². The van der Waals surface area contributed by atoms with Crippen molar-refractivity contribution in [2.24, 2.45) is 5.92 Å². The number of amides is 1. The molecule has 0 saturated carbocycles. The molecule has 2 heterocycles. The van der Waals surface area contributed by atoms with E-state index in [-0.39, 0.29) is 18.4 Å². The fraction of sp³-hybridized carbons (Fsp3) is 0.333. The first-order valence-electron chi connectivity index (χ1n) is 9.40. The van der Waals surface area contributed by atoms with E-state index in [9.17, 15) is 18.0 Å². The molecule has 0 atom stereocenters. The minimum absolute atomic E-state index is 0.0444. The number of nitrogens with zero attached hydrogens (tertiary/aromatic N) is 3. The lowest BCUT2D eigenvalue weighted by atomic mass is 9.96. The molecular weight excluding hydrogens is 403 g/mol. The standard InChI is InChI=1S/C21H19ClF3N3O/c22-16-7-5-15(6-8-16)19(29)27-11-9-14(10-12-27)13-28-18-4-2-1-3-17(18)26-20(28)21(23,24)25/h1-8,14H,9-13H2. The normalized spacial score (nSPS) is 15.8. The van der Waals surface area contributed by atoms with E-state index in [0.717, 1.165) is 0 Å². The summed E-state index contributed by atoms with van der Waals surface area (Å²) in [7, 11) is 0. The second-order valence-electron chi connectivity index (χ2n) is 7.27. The predicted molar refractivity (Wildman–Crippen MR) is 105 cm³/mol. The number of para-hydroxylation sites is 2. The van der Waals surface area contributed by atoms with Crippen LogP contribution in [0, 0.1) is 5.92 Å². The maximum atomic E-state index is 13.5. The van der Waals surface area contributed by atoms with Gasteiger partial charge in [-0.15, -0.1) is 0 Å². The number of carbonyl (C=O) groups is 1. The molecule has 0 bridgehead atoms. The zero-order valence-corrected chi connectivity index (χ0v) is 16.2. The van der Waals surface area contributed by atoms with Crippen molar-refractivity contribution in [3.63, 3.8) is 0 Å². The predicted octanol–water partition coefficient (Wildman–Crippen LogP) is 5.26. The molecule has 29 heavy (non-hydrogen) atoms. The van der Waals surface area contributed by atoms with Gasteiger partial charge in [0.15, 0.2) is 0 Å². The average Bonchev–Trinajstić information content (AvgIpc) is 3.08. The van der Waals surface area contributed by atoms with Crippen LogP contribution < -0.4 is 0 Å². The highest BCUT2D eigenvalue weighted by atomic mass is 35.5.